The van der Waals surface area contributed by atoms with Crippen LogP contribution in [0.15, 0.2) is 29.4 Å². The van der Waals surface area contributed by atoms with Gasteiger partial charge in [0.2, 0.25) is 0 Å². The Hall–Kier alpha value is -2.04. The van der Waals surface area contributed by atoms with Gasteiger partial charge in [-0.1, -0.05) is 6.92 Å². The number of carbonyl (C=O) groups excluding carboxylic acids is 1. The number of hydrogen-bond donors (Lipinski definition) is 1. The molecule has 21 heavy (non-hydrogen) atoms. The maximum Gasteiger partial charge on any atom is 0.277 e. The number of hydrazone groups is 1. The van der Waals surface area contributed by atoms with Gasteiger partial charge in [0.15, 0.2) is 6.61 Å². The number of amides is 1. The molecule has 0 aliphatic heterocycles. The van der Waals surface area contributed by atoms with Crippen molar-refractivity contribution in [2.45, 2.75) is 32.6 Å². The van der Waals surface area contributed by atoms with Gasteiger partial charge in [0.1, 0.15) is 11.5 Å². The van der Waals surface area contributed by atoms with Gasteiger partial charge in [0.25, 0.3) is 5.91 Å². The first-order chi connectivity index (χ1) is 10.2. The molecular weight excluding hydrogens is 268 g/mol. The lowest BCUT2D eigenvalue weighted by molar-refractivity contribution is -0.123. The van der Waals surface area contributed by atoms with E-state index in [-0.39, 0.29) is 12.5 Å². The first kappa shape index (κ1) is 15.4. The molecule has 1 aliphatic rings. The van der Waals surface area contributed by atoms with Crippen LogP contribution in [0.25, 0.3) is 0 Å². The molecule has 0 spiro atoms. The van der Waals surface area contributed by atoms with E-state index in [9.17, 15) is 4.79 Å². The smallest absolute Gasteiger partial charge is 0.277 e. The van der Waals surface area contributed by atoms with E-state index < -0.39 is 0 Å². The van der Waals surface area contributed by atoms with Crippen molar-refractivity contribution < 1.29 is 14.3 Å². The highest BCUT2D eigenvalue weighted by atomic mass is 16.5. The van der Waals surface area contributed by atoms with E-state index in [1.807, 2.05) is 0 Å². The lowest BCUT2D eigenvalue weighted by Gasteiger charge is -2.18. The molecule has 1 aliphatic carbocycles. The molecule has 2 rings (SSSR count). The predicted molar refractivity (Wildman–Crippen MR) is 81.7 cm³/mol. The molecule has 0 aromatic heterocycles. The number of rotatable bonds is 5. The van der Waals surface area contributed by atoms with Crippen LogP contribution in [-0.4, -0.2) is 25.3 Å². The normalized spacial score (nSPS) is 20.1. The van der Waals surface area contributed by atoms with Crippen molar-refractivity contribution in [2.75, 3.05) is 13.7 Å². The second kappa shape index (κ2) is 7.67. The van der Waals surface area contributed by atoms with Gasteiger partial charge in [-0.15, -0.1) is 0 Å². The van der Waals surface area contributed by atoms with E-state index >= 15 is 0 Å². The van der Waals surface area contributed by atoms with Crippen molar-refractivity contribution in [2.24, 2.45) is 11.0 Å². The van der Waals surface area contributed by atoms with Crippen LogP contribution < -0.4 is 14.9 Å². The lowest BCUT2D eigenvalue weighted by Crippen LogP contribution is -2.27. The van der Waals surface area contributed by atoms with E-state index in [0.29, 0.717) is 11.7 Å². The summed E-state index contributed by atoms with van der Waals surface area (Å²) in [4.78, 5) is 11.7. The van der Waals surface area contributed by atoms with Crippen LogP contribution in [0.2, 0.25) is 0 Å². The summed E-state index contributed by atoms with van der Waals surface area (Å²) in [6.45, 7) is 2.17. The van der Waals surface area contributed by atoms with Crippen LogP contribution in [-0.2, 0) is 4.79 Å². The molecule has 1 N–H and O–H groups in total. The zero-order chi connectivity index (χ0) is 15.1. The summed E-state index contributed by atoms with van der Waals surface area (Å²) < 4.78 is 10.4. The van der Waals surface area contributed by atoms with Gasteiger partial charge in [0, 0.05) is 5.71 Å². The molecule has 0 heterocycles. The Morgan fingerprint density at radius 1 is 1.33 bits per heavy atom. The van der Waals surface area contributed by atoms with Gasteiger partial charge in [-0.05, 0) is 55.9 Å². The Morgan fingerprint density at radius 2 is 2.05 bits per heavy atom. The van der Waals surface area contributed by atoms with Crippen LogP contribution in [0.5, 0.6) is 11.5 Å². The van der Waals surface area contributed by atoms with Gasteiger partial charge in [0.05, 0.1) is 7.11 Å². The topological polar surface area (TPSA) is 59.9 Å². The van der Waals surface area contributed by atoms with E-state index in [1.54, 1.807) is 31.4 Å². The number of methoxy groups -OCH3 is 1. The summed E-state index contributed by atoms with van der Waals surface area (Å²) in [6.07, 6.45) is 4.34. The molecule has 0 radical (unpaired) electrons. The van der Waals surface area contributed by atoms with Crippen LogP contribution >= 0.6 is 0 Å². The number of nitrogens with one attached hydrogen (secondary N) is 1. The third-order valence-corrected chi connectivity index (χ3v) is 3.51. The number of nitrogens with zero attached hydrogens (tertiary/aromatic N) is 1. The number of benzene rings is 1. The summed E-state index contributed by atoms with van der Waals surface area (Å²) in [5.41, 5.74) is 3.64. The highest BCUT2D eigenvalue weighted by Gasteiger charge is 2.14. The second-order valence-corrected chi connectivity index (χ2v) is 5.38. The van der Waals surface area contributed by atoms with Crippen molar-refractivity contribution in [3.8, 4) is 11.5 Å². The first-order valence-corrected chi connectivity index (χ1v) is 7.28. The van der Waals surface area contributed by atoms with Gasteiger partial charge >= 0.3 is 0 Å². The van der Waals surface area contributed by atoms with Crippen molar-refractivity contribution >= 4 is 11.6 Å². The second-order valence-electron chi connectivity index (χ2n) is 5.38. The van der Waals surface area contributed by atoms with E-state index in [1.165, 1.54) is 6.42 Å². The zero-order valence-corrected chi connectivity index (χ0v) is 12.6. The lowest BCUT2D eigenvalue weighted by atomic mass is 9.89. The molecular formula is C16H22N2O3. The van der Waals surface area contributed by atoms with E-state index in [0.717, 1.165) is 30.7 Å². The van der Waals surface area contributed by atoms with Gasteiger partial charge in [-0.2, -0.15) is 5.10 Å². The van der Waals surface area contributed by atoms with Crippen molar-refractivity contribution in [1.82, 2.24) is 5.43 Å². The summed E-state index contributed by atoms with van der Waals surface area (Å²) in [7, 11) is 1.61. The molecule has 1 saturated carbocycles. The predicted octanol–water partition coefficient (Wildman–Crippen LogP) is 2.76. The monoisotopic (exact) mass is 290 g/mol. The molecule has 5 heteroatoms. The Balaban J connectivity index is 1.75. The summed E-state index contributed by atoms with van der Waals surface area (Å²) in [5.74, 6) is 1.80. The van der Waals surface area contributed by atoms with Crippen LogP contribution in [0.4, 0.5) is 0 Å². The average molecular weight is 290 g/mol. The summed E-state index contributed by atoms with van der Waals surface area (Å²) in [5, 5.41) is 4.19. The fourth-order valence-corrected chi connectivity index (χ4v) is 2.36. The SMILES string of the molecule is COc1ccc(OCC(=O)N/N=C2/CCCC(C)C2)cc1. The van der Waals surface area contributed by atoms with Crippen molar-refractivity contribution in [3.63, 3.8) is 0 Å². The Morgan fingerprint density at radius 3 is 2.71 bits per heavy atom. The van der Waals surface area contributed by atoms with Crippen molar-refractivity contribution in [3.05, 3.63) is 24.3 Å². The average Bonchev–Trinajstić information content (AvgIpc) is 2.51. The van der Waals surface area contributed by atoms with Gasteiger partial charge in [-0.3, -0.25) is 4.79 Å². The van der Waals surface area contributed by atoms with Crippen molar-refractivity contribution in [1.29, 1.82) is 0 Å². The van der Waals surface area contributed by atoms with Crippen LogP contribution in [0, 0.1) is 5.92 Å². The third-order valence-electron chi connectivity index (χ3n) is 3.51. The number of hydrogen-bond acceptors (Lipinski definition) is 4. The molecule has 0 saturated heterocycles. The summed E-state index contributed by atoms with van der Waals surface area (Å²) in [6, 6.07) is 7.11. The quantitative estimate of drug-likeness (QED) is 0.848. The number of ether oxygens (including phenoxy) is 2. The molecule has 1 aromatic carbocycles. The standard InChI is InChI=1S/C16H22N2O3/c1-12-4-3-5-13(10-12)17-18-16(19)11-21-15-8-6-14(20-2)7-9-15/h6-9,12H,3-5,10-11H2,1-2H3,(H,18,19)/b17-13-. The maximum absolute atomic E-state index is 11.7. The molecule has 114 valence electrons. The molecule has 1 aromatic rings. The number of carbonyl (C=O) groups is 1. The minimum absolute atomic E-state index is 0.0430. The fourth-order valence-electron chi connectivity index (χ4n) is 2.36. The van der Waals surface area contributed by atoms with E-state index in [2.05, 4.69) is 17.5 Å². The molecule has 1 unspecified atom stereocenters. The van der Waals surface area contributed by atoms with E-state index in [4.69, 9.17) is 9.47 Å². The Labute approximate surface area is 125 Å². The fraction of sp³-hybridized carbons (Fsp3) is 0.500. The van der Waals surface area contributed by atoms with Crippen LogP contribution in [0.3, 0.4) is 0 Å². The maximum atomic E-state index is 11.7. The minimum atomic E-state index is -0.239. The zero-order valence-electron chi connectivity index (χ0n) is 12.6. The van der Waals surface area contributed by atoms with Crippen LogP contribution in [0.1, 0.15) is 32.6 Å². The molecule has 1 amide bonds. The molecule has 1 fully saturated rings. The summed E-state index contributed by atoms with van der Waals surface area (Å²) >= 11 is 0. The molecule has 1 atom stereocenters. The molecule has 0 bridgehead atoms. The van der Waals surface area contributed by atoms with Gasteiger partial charge < -0.3 is 9.47 Å². The minimum Gasteiger partial charge on any atom is -0.497 e. The first-order valence-electron chi connectivity index (χ1n) is 7.28. The third kappa shape index (κ3) is 5.10. The Bertz CT molecular complexity index is 497. The van der Waals surface area contributed by atoms with Gasteiger partial charge in [-0.25, -0.2) is 5.43 Å². The highest BCUT2D eigenvalue weighted by molar-refractivity contribution is 5.87. The largest absolute Gasteiger partial charge is 0.497 e. The molecule has 5 nitrogen and oxygen atoms in total. The highest BCUT2D eigenvalue weighted by Crippen LogP contribution is 2.21. The Kier molecular flexibility index (Phi) is 5.60.